The number of benzene rings is 1. The number of carboxylic acids is 1. The minimum Gasteiger partial charge on any atom is -0.481 e. The first kappa shape index (κ1) is 16.0. The number of likely N-dealkylation sites (tertiary alicyclic amines) is 1. The van der Waals surface area contributed by atoms with Crippen LogP contribution in [0.2, 0.25) is 0 Å². The molecule has 2 rings (SSSR count). The zero-order valence-corrected chi connectivity index (χ0v) is 12.7. The van der Waals surface area contributed by atoms with Crippen molar-refractivity contribution >= 4 is 5.97 Å². The van der Waals surface area contributed by atoms with Crippen LogP contribution >= 0.6 is 0 Å². The quantitative estimate of drug-likeness (QED) is 0.845. The number of aliphatic hydroxyl groups is 1. The van der Waals surface area contributed by atoms with Crippen molar-refractivity contribution in [1.82, 2.24) is 4.90 Å². The van der Waals surface area contributed by atoms with Gasteiger partial charge >= 0.3 is 5.97 Å². The Balaban J connectivity index is 1.82. The van der Waals surface area contributed by atoms with Gasteiger partial charge in [0.05, 0.1) is 5.60 Å². The second-order valence-corrected chi connectivity index (χ2v) is 6.29. The maximum Gasteiger partial charge on any atom is 0.303 e. The highest BCUT2D eigenvalue weighted by Gasteiger charge is 2.28. The van der Waals surface area contributed by atoms with Crippen molar-refractivity contribution in [2.45, 2.75) is 38.2 Å². The number of β-amino-alcohol motifs (C(OH)–C–C–N with tert-alkyl or cyclic N) is 1. The molecule has 0 aromatic heterocycles. The predicted molar refractivity (Wildman–Crippen MR) is 82.0 cm³/mol. The second-order valence-electron chi connectivity index (χ2n) is 6.29. The van der Waals surface area contributed by atoms with Crippen molar-refractivity contribution in [1.29, 1.82) is 0 Å². The van der Waals surface area contributed by atoms with Gasteiger partial charge in [0.25, 0.3) is 0 Å². The molecule has 0 radical (unpaired) electrons. The van der Waals surface area contributed by atoms with E-state index in [-0.39, 0.29) is 6.42 Å². The first-order valence-electron chi connectivity index (χ1n) is 7.69. The molecule has 21 heavy (non-hydrogen) atoms. The number of piperidine rings is 1. The Morgan fingerprint density at radius 1 is 1.29 bits per heavy atom. The third kappa shape index (κ3) is 4.83. The van der Waals surface area contributed by atoms with E-state index in [1.165, 1.54) is 0 Å². The van der Waals surface area contributed by atoms with E-state index in [0.29, 0.717) is 12.5 Å². The number of hydrogen-bond acceptors (Lipinski definition) is 3. The van der Waals surface area contributed by atoms with E-state index in [0.717, 1.165) is 37.9 Å². The molecule has 1 unspecified atom stereocenters. The van der Waals surface area contributed by atoms with Crippen molar-refractivity contribution in [3.8, 4) is 0 Å². The maximum absolute atomic E-state index is 10.7. The van der Waals surface area contributed by atoms with Gasteiger partial charge in [-0.05, 0) is 50.8 Å². The van der Waals surface area contributed by atoms with Crippen LogP contribution in [-0.4, -0.2) is 40.7 Å². The van der Waals surface area contributed by atoms with E-state index in [9.17, 15) is 9.90 Å². The van der Waals surface area contributed by atoms with Crippen LogP contribution in [0, 0.1) is 5.92 Å². The summed E-state index contributed by atoms with van der Waals surface area (Å²) in [5, 5.41) is 19.4. The molecular weight excluding hydrogens is 266 g/mol. The highest BCUT2D eigenvalue weighted by Crippen LogP contribution is 2.26. The second kappa shape index (κ2) is 7.05. The summed E-state index contributed by atoms with van der Waals surface area (Å²) in [6.07, 6.45) is 3.10. The fourth-order valence-electron chi connectivity index (χ4n) is 3.08. The summed E-state index contributed by atoms with van der Waals surface area (Å²) in [5.41, 5.74) is 0.104. The van der Waals surface area contributed by atoms with Gasteiger partial charge in [0.1, 0.15) is 0 Å². The summed E-state index contributed by atoms with van der Waals surface area (Å²) in [6.45, 7) is 4.36. The summed E-state index contributed by atoms with van der Waals surface area (Å²) in [7, 11) is 0. The van der Waals surface area contributed by atoms with Crippen LogP contribution in [0.15, 0.2) is 30.3 Å². The average molecular weight is 291 g/mol. The first-order chi connectivity index (χ1) is 9.97. The monoisotopic (exact) mass is 291 g/mol. The Labute approximate surface area is 126 Å². The summed E-state index contributed by atoms with van der Waals surface area (Å²) >= 11 is 0. The molecule has 1 aromatic rings. The molecule has 0 amide bonds. The zero-order chi connectivity index (χ0) is 15.3. The van der Waals surface area contributed by atoms with E-state index in [1.807, 2.05) is 37.3 Å². The van der Waals surface area contributed by atoms with Crippen LogP contribution in [-0.2, 0) is 10.4 Å². The molecule has 1 heterocycles. The number of aliphatic carboxylic acids is 1. The Morgan fingerprint density at radius 2 is 1.90 bits per heavy atom. The molecular formula is C17H25NO3. The van der Waals surface area contributed by atoms with E-state index in [2.05, 4.69) is 4.90 Å². The van der Waals surface area contributed by atoms with Crippen LogP contribution < -0.4 is 0 Å². The molecule has 0 spiro atoms. The number of rotatable bonds is 6. The number of carboxylic acid groups (broad SMARTS) is 1. The topological polar surface area (TPSA) is 60.8 Å². The highest BCUT2D eigenvalue weighted by atomic mass is 16.4. The van der Waals surface area contributed by atoms with Crippen LogP contribution in [0.5, 0.6) is 0 Å². The van der Waals surface area contributed by atoms with Gasteiger partial charge in [-0.1, -0.05) is 30.3 Å². The molecule has 1 aliphatic heterocycles. The molecule has 1 saturated heterocycles. The first-order valence-corrected chi connectivity index (χ1v) is 7.69. The standard InChI is InChI=1S/C17H25NO3/c1-17(21,15-5-3-2-4-6-15)13-18-11-9-14(10-12-18)7-8-16(19)20/h2-6,14,21H,7-13H2,1H3,(H,19,20). The van der Waals surface area contributed by atoms with Crippen LogP contribution in [0.3, 0.4) is 0 Å². The summed E-state index contributed by atoms with van der Waals surface area (Å²) in [6, 6.07) is 9.76. The lowest BCUT2D eigenvalue weighted by Crippen LogP contribution is -2.43. The molecule has 0 bridgehead atoms. The lowest BCUT2D eigenvalue weighted by Gasteiger charge is -2.36. The highest BCUT2D eigenvalue weighted by molar-refractivity contribution is 5.66. The maximum atomic E-state index is 10.7. The van der Waals surface area contributed by atoms with Crippen LogP contribution in [0.4, 0.5) is 0 Å². The minimum atomic E-state index is -0.838. The van der Waals surface area contributed by atoms with Crippen LogP contribution in [0.1, 0.15) is 38.2 Å². The van der Waals surface area contributed by atoms with E-state index < -0.39 is 11.6 Å². The van der Waals surface area contributed by atoms with E-state index in [4.69, 9.17) is 5.11 Å². The predicted octanol–water partition coefficient (Wildman–Crippen LogP) is 2.47. The van der Waals surface area contributed by atoms with Gasteiger partial charge in [-0.25, -0.2) is 0 Å². The Kier molecular flexibility index (Phi) is 5.37. The van der Waals surface area contributed by atoms with E-state index in [1.54, 1.807) is 0 Å². The van der Waals surface area contributed by atoms with Crippen molar-refractivity contribution in [3.05, 3.63) is 35.9 Å². The Bertz CT molecular complexity index is 450. The zero-order valence-electron chi connectivity index (χ0n) is 12.7. The Morgan fingerprint density at radius 3 is 2.48 bits per heavy atom. The van der Waals surface area contributed by atoms with Gasteiger partial charge in [0.2, 0.25) is 0 Å². The fourth-order valence-corrected chi connectivity index (χ4v) is 3.08. The summed E-state index contributed by atoms with van der Waals surface area (Å²) in [5.74, 6) is -0.191. The van der Waals surface area contributed by atoms with Gasteiger partial charge in [-0.3, -0.25) is 4.79 Å². The van der Waals surface area contributed by atoms with E-state index >= 15 is 0 Å². The SMILES string of the molecule is CC(O)(CN1CCC(CCC(=O)O)CC1)c1ccccc1. The molecule has 2 N–H and O–H groups in total. The molecule has 116 valence electrons. The molecule has 1 atom stereocenters. The third-order valence-electron chi connectivity index (χ3n) is 4.40. The normalized spacial score (nSPS) is 20.1. The number of carbonyl (C=O) groups is 1. The molecule has 1 aromatic carbocycles. The van der Waals surface area contributed by atoms with Crippen molar-refractivity contribution in [2.75, 3.05) is 19.6 Å². The summed E-state index contributed by atoms with van der Waals surface area (Å²) < 4.78 is 0. The molecule has 4 nitrogen and oxygen atoms in total. The average Bonchev–Trinajstić information content (AvgIpc) is 2.47. The van der Waals surface area contributed by atoms with Crippen molar-refractivity contribution in [2.24, 2.45) is 5.92 Å². The van der Waals surface area contributed by atoms with Gasteiger partial charge in [-0.15, -0.1) is 0 Å². The van der Waals surface area contributed by atoms with Crippen molar-refractivity contribution < 1.29 is 15.0 Å². The molecule has 1 fully saturated rings. The van der Waals surface area contributed by atoms with Gasteiger partial charge in [0.15, 0.2) is 0 Å². The smallest absolute Gasteiger partial charge is 0.303 e. The van der Waals surface area contributed by atoms with Crippen LogP contribution in [0.25, 0.3) is 0 Å². The molecule has 0 saturated carbocycles. The lowest BCUT2D eigenvalue weighted by molar-refractivity contribution is -0.137. The van der Waals surface area contributed by atoms with Gasteiger partial charge in [0, 0.05) is 13.0 Å². The van der Waals surface area contributed by atoms with Gasteiger partial charge in [-0.2, -0.15) is 0 Å². The molecule has 1 aliphatic rings. The lowest BCUT2D eigenvalue weighted by atomic mass is 9.90. The molecule has 0 aliphatic carbocycles. The fraction of sp³-hybridized carbons (Fsp3) is 0.588. The Hall–Kier alpha value is -1.39. The van der Waals surface area contributed by atoms with Gasteiger partial charge < -0.3 is 15.1 Å². The minimum absolute atomic E-state index is 0.270. The number of nitrogens with zero attached hydrogens (tertiary/aromatic N) is 1. The van der Waals surface area contributed by atoms with Crippen molar-refractivity contribution in [3.63, 3.8) is 0 Å². The third-order valence-corrected chi connectivity index (χ3v) is 4.40. The molecule has 4 heteroatoms. The summed E-state index contributed by atoms with van der Waals surface area (Å²) in [4.78, 5) is 12.9. The number of hydrogen-bond donors (Lipinski definition) is 2. The largest absolute Gasteiger partial charge is 0.481 e.